The second-order valence-corrected chi connectivity index (χ2v) is 3.95. The third-order valence-corrected chi connectivity index (χ3v) is 2.81. The van der Waals surface area contributed by atoms with Gasteiger partial charge >= 0.3 is 0 Å². The number of ether oxygens (including phenoxy) is 1. The van der Waals surface area contributed by atoms with Crippen LogP contribution in [0.1, 0.15) is 5.56 Å². The van der Waals surface area contributed by atoms with Crippen molar-refractivity contribution in [3.63, 3.8) is 0 Å². The van der Waals surface area contributed by atoms with Gasteiger partial charge in [-0.2, -0.15) is 5.26 Å². The van der Waals surface area contributed by atoms with E-state index in [0.717, 1.165) is 16.9 Å². The maximum Gasteiger partial charge on any atom is 0.119 e. The van der Waals surface area contributed by atoms with Crippen LogP contribution in [0, 0.1) is 11.3 Å². The molecule has 3 heteroatoms. The standard InChI is InChI=1S/C14H10ClNO/c1-17-12-5-6-14(15)13(8-12)11-4-2-3-10(7-11)9-16/h2-8H,1H3. The molecule has 2 aromatic carbocycles. The molecule has 0 unspecified atom stereocenters. The summed E-state index contributed by atoms with van der Waals surface area (Å²) in [6.07, 6.45) is 0. The van der Waals surface area contributed by atoms with Gasteiger partial charge < -0.3 is 4.74 Å². The zero-order valence-corrected chi connectivity index (χ0v) is 10.0. The van der Waals surface area contributed by atoms with Crippen LogP contribution in [-0.4, -0.2) is 7.11 Å². The number of hydrogen-bond donors (Lipinski definition) is 0. The molecule has 0 aliphatic rings. The maximum atomic E-state index is 8.87. The van der Waals surface area contributed by atoms with Gasteiger partial charge in [-0.3, -0.25) is 0 Å². The minimum atomic E-state index is 0.612. The molecule has 2 rings (SSSR count). The normalized spacial score (nSPS) is 9.71. The van der Waals surface area contributed by atoms with E-state index in [1.807, 2.05) is 18.2 Å². The third-order valence-electron chi connectivity index (χ3n) is 2.48. The van der Waals surface area contributed by atoms with E-state index in [4.69, 9.17) is 21.6 Å². The third kappa shape index (κ3) is 2.41. The highest BCUT2D eigenvalue weighted by atomic mass is 35.5. The lowest BCUT2D eigenvalue weighted by atomic mass is 10.0. The first-order valence-corrected chi connectivity index (χ1v) is 5.46. The summed E-state index contributed by atoms with van der Waals surface area (Å²) in [6.45, 7) is 0. The van der Waals surface area contributed by atoms with E-state index in [2.05, 4.69) is 6.07 Å². The van der Waals surface area contributed by atoms with Crippen molar-refractivity contribution in [1.29, 1.82) is 5.26 Å². The summed E-state index contributed by atoms with van der Waals surface area (Å²) in [4.78, 5) is 0. The van der Waals surface area contributed by atoms with Crippen molar-refractivity contribution >= 4 is 11.6 Å². The van der Waals surface area contributed by atoms with Gasteiger partial charge in [-0.1, -0.05) is 23.7 Å². The molecule has 0 saturated heterocycles. The summed E-state index contributed by atoms with van der Waals surface area (Å²) in [5.74, 6) is 0.742. The Morgan fingerprint density at radius 3 is 2.71 bits per heavy atom. The van der Waals surface area contributed by atoms with E-state index in [1.54, 1.807) is 31.4 Å². The quantitative estimate of drug-likeness (QED) is 0.802. The average Bonchev–Trinajstić information content (AvgIpc) is 2.39. The Labute approximate surface area is 105 Å². The number of methoxy groups -OCH3 is 1. The number of hydrogen-bond acceptors (Lipinski definition) is 2. The summed E-state index contributed by atoms with van der Waals surface area (Å²) >= 11 is 6.14. The van der Waals surface area contributed by atoms with Crippen molar-refractivity contribution in [3.8, 4) is 22.9 Å². The van der Waals surface area contributed by atoms with Crippen molar-refractivity contribution in [1.82, 2.24) is 0 Å². The van der Waals surface area contributed by atoms with Gasteiger partial charge in [0.05, 0.1) is 18.7 Å². The predicted octanol–water partition coefficient (Wildman–Crippen LogP) is 3.89. The first-order chi connectivity index (χ1) is 8.24. The minimum Gasteiger partial charge on any atom is -0.497 e. The first-order valence-electron chi connectivity index (χ1n) is 5.08. The smallest absolute Gasteiger partial charge is 0.119 e. The molecule has 0 aliphatic carbocycles. The number of rotatable bonds is 2. The van der Waals surface area contributed by atoms with Crippen molar-refractivity contribution in [2.75, 3.05) is 7.11 Å². The van der Waals surface area contributed by atoms with Crippen LogP contribution >= 0.6 is 11.6 Å². The summed E-state index contributed by atoms with van der Waals surface area (Å²) in [5, 5.41) is 9.51. The highest BCUT2D eigenvalue weighted by Crippen LogP contribution is 2.31. The van der Waals surface area contributed by atoms with Gasteiger partial charge in [-0.05, 0) is 35.9 Å². The SMILES string of the molecule is COc1ccc(Cl)c(-c2cccc(C#N)c2)c1. The second kappa shape index (κ2) is 4.90. The Morgan fingerprint density at radius 2 is 2.00 bits per heavy atom. The van der Waals surface area contributed by atoms with Crippen LogP contribution in [0.25, 0.3) is 11.1 Å². The van der Waals surface area contributed by atoms with E-state index in [1.165, 1.54) is 0 Å². The summed E-state index contributed by atoms with van der Waals surface area (Å²) in [7, 11) is 1.61. The minimum absolute atomic E-state index is 0.612. The van der Waals surface area contributed by atoms with Crippen LogP contribution in [0.2, 0.25) is 5.02 Å². The molecule has 0 aromatic heterocycles. The topological polar surface area (TPSA) is 33.0 Å². The molecule has 0 fully saturated rings. The lowest BCUT2D eigenvalue weighted by Crippen LogP contribution is -1.86. The highest BCUT2D eigenvalue weighted by Gasteiger charge is 2.05. The molecular formula is C14H10ClNO. The van der Waals surface area contributed by atoms with Gasteiger partial charge in [-0.25, -0.2) is 0 Å². The van der Waals surface area contributed by atoms with Gasteiger partial charge in [-0.15, -0.1) is 0 Å². The Balaban J connectivity index is 2.55. The molecule has 0 aliphatic heterocycles. The summed E-state index contributed by atoms with van der Waals surface area (Å²) in [5.41, 5.74) is 2.39. The van der Waals surface area contributed by atoms with E-state index in [-0.39, 0.29) is 0 Å². The van der Waals surface area contributed by atoms with E-state index in [0.29, 0.717) is 10.6 Å². The lowest BCUT2D eigenvalue weighted by molar-refractivity contribution is 0.415. The fourth-order valence-corrected chi connectivity index (χ4v) is 1.84. The number of nitriles is 1. The van der Waals surface area contributed by atoms with Crippen molar-refractivity contribution < 1.29 is 4.74 Å². The average molecular weight is 244 g/mol. The fourth-order valence-electron chi connectivity index (χ4n) is 1.61. The fraction of sp³-hybridized carbons (Fsp3) is 0.0714. The Morgan fingerprint density at radius 1 is 1.18 bits per heavy atom. The van der Waals surface area contributed by atoms with Gasteiger partial charge in [0.15, 0.2) is 0 Å². The van der Waals surface area contributed by atoms with Gasteiger partial charge in [0, 0.05) is 10.6 Å². The zero-order valence-electron chi connectivity index (χ0n) is 9.27. The Bertz CT molecular complexity index is 587. The molecule has 0 amide bonds. The molecule has 17 heavy (non-hydrogen) atoms. The predicted molar refractivity (Wildman–Crippen MR) is 68.2 cm³/mol. The van der Waals surface area contributed by atoms with Gasteiger partial charge in [0.1, 0.15) is 5.75 Å². The Hall–Kier alpha value is -1.98. The molecule has 0 spiro atoms. The maximum absolute atomic E-state index is 8.87. The van der Waals surface area contributed by atoms with Crippen LogP contribution in [0.15, 0.2) is 42.5 Å². The molecule has 0 atom stereocenters. The first kappa shape index (κ1) is 11.5. The molecule has 0 bridgehead atoms. The molecule has 2 nitrogen and oxygen atoms in total. The lowest BCUT2D eigenvalue weighted by Gasteiger charge is -2.07. The molecule has 0 N–H and O–H groups in total. The molecular weight excluding hydrogens is 234 g/mol. The van der Waals surface area contributed by atoms with Crippen LogP contribution < -0.4 is 4.74 Å². The van der Waals surface area contributed by atoms with E-state index in [9.17, 15) is 0 Å². The largest absolute Gasteiger partial charge is 0.497 e. The summed E-state index contributed by atoms with van der Waals surface area (Å²) < 4.78 is 5.16. The van der Waals surface area contributed by atoms with E-state index >= 15 is 0 Å². The van der Waals surface area contributed by atoms with Gasteiger partial charge in [0.2, 0.25) is 0 Å². The van der Waals surface area contributed by atoms with Crippen LogP contribution in [-0.2, 0) is 0 Å². The number of benzene rings is 2. The van der Waals surface area contributed by atoms with Crippen LogP contribution in [0.3, 0.4) is 0 Å². The van der Waals surface area contributed by atoms with E-state index < -0.39 is 0 Å². The number of halogens is 1. The summed E-state index contributed by atoms with van der Waals surface area (Å²) in [6, 6.07) is 14.9. The van der Waals surface area contributed by atoms with Crippen molar-refractivity contribution in [2.24, 2.45) is 0 Å². The molecule has 0 radical (unpaired) electrons. The zero-order chi connectivity index (χ0) is 12.3. The number of nitrogens with zero attached hydrogens (tertiary/aromatic N) is 1. The molecule has 0 saturated carbocycles. The highest BCUT2D eigenvalue weighted by molar-refractivity contribution is 6.33. The van der Waals surface area contributed by atoms with Gasteiger partial charge in [0.25, 0.3) is 0 Å². The molecule has 0 heterocycles. The second-order valence-electron chi connectivity index (χ2n) is 3.54. The molecule has 2 aromatic rings. The monoisotopic (exact) mass is 243 g/mol. The molecule has 84 valence electrons. The van der Waals surface area contributed by atoms with Crippen molar-refractivity contribution in [2.45, 2.75) is 0 Å². The Kier molecular flexibility index (Phi) is 3.32. The van der Waals surface area contributed by atoms with Crippen LogP contribution in [0.4, 0.5) is 0 Å². The van der Waals surface area contributed by atoms with Crippen molar-refractivity contribution in [3.05, 3.63) is 53.1 Å². The van der Waals surface area contributed by atoms with Crippen LogP contribution in [0.5, 0.6) is 5.75 Å².